The molecular formula is C19H20N2O4S. The van der Waals surface area contributed by atoms with Crippen molar-refractivity contribution in [3.63, 3.8) is 0 Å². The van der Waals surface area contributed by atoms with Gasteiger partial charge in [0.05, 0.1) is 24.4 Å². The summed E-state index contributed by atoms with van der Waals surface area (Å²) in [6, 6.07) is 10.6. The third kappa shape index (κ3) is 3.30. The van der Waals surface area contributed by atoms with Gasteiger partial charge in [0.1, 0.15) is 17.1 Å². The molecule has 6 nitrogen and oxygen atoms in total. The molecule has 0 radical (unpaired) electrons. The number of anilines is 1. The summed E-state index contributed by atoms with van der Waals surface area (Å²) in [5.74, 6) is 0.530. The zero-order valence-corrected chi connectivity index (χ0v) is 15.7. The Balaban J connectivity index is 1.94. The topological polar surface area (TPSA) is 69.6 Å². The van der Waals surface area contributed by atoms with E-state index in [1.807, 2.05) is 19.1 Å². The molecular weight excluding hydrogens is 352 g/mol. The Hall–Kier alpha value is -2.80. The lowest BCUT2D eigenvalue weighted by molar-refractivity contribution is 0.102. The van der Waals surface area contributed by atoms with Crippen molar-refractivity contribution in [1.82, 2.24) is 4.57 Å². The van der Waals surface area contributed by atoms with E-state index in [2.05, 4.69) is 5.32 Å². The first-order valence-electron chi connectivity index (χ1n) is 8.24. The second-order valence-corrected chi connectivity index (χ2v) is 6.69. The number of aromatic nitrogens is 1. The smallest absolute Gasteiger partial charge is 0.308 e. The zero-order chi connectivity index (χ0) is 18.7. The summed E-state index contributed by atoms with van der Waals surface area (Å²) in [6.45, 7) is 2.72. The number of hydrogen-bond acceptors (Lipinski definition) is 5. The van der Waals surface area contributed by atoms with Crippen LogP contribution in [0.1, 0.15) is 23.7 Å². The van der Waals surface area contributed by atoms with Crippen molar-refractivity contribution in [2.45, 2.75) is 19.9 Å². The van der Waals surface area contributed by atoms with Crippen LogP contribution in [-0.4, -0.2) is 24.7 Å². The molecule has 1 aromatic heterocycles. The molecule has 0 aliphatic carbocycles. The molecule has 2 aromatic carbocycles. The molecule has 0 unspecified atom stereocenters. The van der Waals surface area contributed by atoms with Gasteiger partial charge in [0.25, 0.3) is 5.91 Å². The summed E-state index contributed by atoms with van der Waals surface area (Å²) in [7, 11) is 3.01. The van der Waals surface area contributed by atoms with Crippen LogP contribution in [0.25, 0.3) is 10.2 Å². The highest BCUT2D eigenvalue weighted by Gasteiger charge is 2.18. The molecule has 0 aliphatic heterocycles. The lowest BCUT2D eigenvalue weighted by Crippen LogP contribution is -2.14. The van der Waals surface area contributed by atoms with Gasteiger partial charge >= 0.3 is 4.87 Å². The second kappa shape index (κ2) is 7.61. The highest BCUT2D eigenvalue weighted by Crippen LogP contribution is 2.30. The number of methoxy groups -OCH3 is 2. The summed E-state index contributed by atoms with van der Waals surface area (Å²) in [5, 5.41) is 2.86. The number of nitrogens with zero attached hydrogens (tertiary/aromatic N) is 1. The average Bonchev–Trinajstić information content (AvgIpc) is 2.95. The largest absolute Gasteiger partial charge is 0.496 e. The molecule has 0 aliphatic rings. The van der Waals surface area contributed by atoms with Crippen LogP contribution in [-0.2, 0) is 6.54 Å². The van der Waals surface area contributed by atoms with Gasteiger partial charge in [-0.05, 0) is 36.8 Å². The molecule has 3 aromatic rings. The number of ether oxygens (including phenoxy) is 2. The minimum absolute atomic E-state index is 0.0109. The highest BCUT2D eigenvalue weighted by atomic mass is 32.1. The van der Waals surface area contributed by atoms with E-state index in [-0.39, 0.29) is 10.8 Å². The van der Waals surface area contributed by atoms with Gasteiger partial charge in [-0.15, -0.1) is 0 Å². The number of benzene rings is 2. The number of nitrogens with one attached hydrogen (secondary N) is 1. The van der Waals surface area contributed by atoms with E-state index in [4.69, 9.17) is 9.47 Å². The fraction of sp³-hybridized carbons (Fsp3) is 0.263. The molecule has 1 heterocycles. The van der Waals surface area contributed by atoms with Crippen LogP contribution < -0.4 is 19.7 Å². The van der Waals surface area contributed by atoms with Crippen LogP contribution in [0.2, 0.25) is 0 Å². The molecule has 1 N–H and O–H groups in total. The molecule has 0 spiro atoms. The monoisotopic (exact) mass is 372 g/mol. The van der Waals surface area contributed by atoms with E-state index < -0.39 is 0 Å². The van der Waals surface area contributed by atoms with Crippen molar-refractivity contribution >= 4 is 33.1 Å². The van der Waals surface area contributed by atoms with Crippen LogP contribution in [0.3, 0.4) is 0 Å². The zero-order valence-electron chi connectivity index (χ0n) is 14.9. The second-order valence-electron chi connectivity index (χ2n) is 5.69. The molecule has 7 heteroatoms. The van der Waals surface area contributed by atoms with Crippen molar-refractivity contribution in [2.75, 3.05) is 19.5 Å². The maximum absolute atomic E-state index is 12.7. The molecule has 0 atom stereocenters. The Kier molecular flexibility index (Phi) is 5.27. The molecule has 136 valence electrons. The molecule has 1 amide bonds. The molecule has 0 saturated heterocycles. The Bertz CT molecular complexity index is 984. The van der Waals surface area contributed by atoms with Gasteiger partial charge in [-0.25, -0.2) is 0 Å². The first-order chi connectivity index (χ1) is 12.6. The number of thiazole rings is 1. The summed E-state index contributed by atoms with van der Waals surface area (Å²) < 4.78 is 13.2. The Labute approximate surface area is 155 Å². The number of rotatable bonds is 6. The van der Waals surface area contributed by atoms with Crippen LogP contribution in [0.4, 0.5) is 5.69 Å². The van der Waals surface area contributed by atoms with Crippen molar-refractivity contribution in [2.24, 2.45) is 0 Å². The predicted octanol–water partition coefficient (Wildman–Crippen LogP) is 3.74. The van der Waals surface area contributed by atoms with E-state index in [1.54, 1.807) is 28.8 Å². The average molecular weight is 372 g/mol. The van der Waals surface area contributed by atoms with Crippen LogP contribution in [0.15, 0.2) is 41.2 Å². The standard InChI is InChI=1S/C19H20N2O4S/c1-4-10-21-13-9-8-12(11-16(13)26-19(21)23)20-18(22)17-14(24-2)6-5-7-15(17)25-3/h5-9,11H,4,10H2,1-3H3,(H,20,22). The van der Waals surface area contributed by atoms with Crippen molar-refractivity contribution in [3.05, 3.63) is 51.6 Å². The lowest BCUT2D eigenvalue weighted by Gasteiger charge is -2.13. The van der Waals surface area contributed by atoms with Gasteiger partial charge in [0.15, 0.2) is 0 Å². The first-order valence-corrected chi connectivity index (χ1v) is 9.06. The van der Waals surface area contributed by atoms with E-state index >= 15 is 0 Å². The summed E-state index contributed by atoms with van der Waals surface area (Å²) in [6.07, 6.45) is 0.887. The fourth-order valence-electron chi connectivity index (χ4n) is 2.85. The molecule has 3 rings (SSSR count). The van der Waals surface area contributed by atoms with E-state index in [0.717, 1.165) is 16.6 Å². The maximum Gasteiger partial charge on any atom is 0.308 e. The summed E-state index contributed by atoms with van der Waals surface area (Å²) >= 11 is 1.18. The molecule has 26 heavy (non-hydrogen) atoms. The number of carbonyl (C=O) groups excluding carboxylic acids is 1. The summed E-state index contributed by atoms with van der Waals surface area (Å²) in [5.41, 5.74) is 1.82. The van der Waals surface area contributed by atoms with Crippen LogP contribution >= 0.6 is 11.3 Å². The Morgan fingerprint density at radius 1 is 1.15 bits per heavy atom. The van der Waals surface area contributed by atoms with Crippen molar-refractivity contribution in [3.8, 4) is 11.5 Å². The van der Waals surface area contributed by atoms with Gasteiger partial charge in [-0.2, -0.15) is 0 Å². The number of amides is 1. The number of fused-ring (bicyclic) bond motifs is 1. The van der Waals surface area contributed by atoms with Gasteiger partial charge in [0.2, 0.25) is 0 Å². The first kappa shape index (κ1) is 18.0. The molecule has 0 fully saturated rings. The normalized spacial score (nSPS) is 10.7. The van der Waals surface area contributed by atoms with Gasteiger partial charge in [-0.1, -0.05) is 24.3 Å². The Morgan fingerprint density at radius 2 is 1.85 bits per heavy atom. The quantitative estimate of drug-likeness (QED) is 0.716. The van der Waals surface area contributed by atoms with Gasteiger partial charge in [-0.3, -0.25) is 14.2 Å². The van der Waals surface area contributed by atoms with Gasteiger partial charge < -0.3 is 14.8 Å². The van der Waals surface area contributed by atoms with Crippen LogP contribution in [0.5, 0.6) is 11.5 Å². The minimum atomic E-state index is -0.334. The van der Waals surface area contributed by atoms with Crippen LogP contribution in [0, 0.1) is 0 Å². The minimum Gasteiger partial charge on any atom is -0.496 e. The SMILES string of the molecule is CCCn1c(=O)sc2cc(NC(=O)c3c(OC)cccc3OC)ccc21. The Morgan fingerprint density at radius 3 is 2.46 bits per heavy atom. The number of aryl methyl sites for hydroxylation is 1. The van der Waals surface area contributed by atoms with Crippen molar-refractivity contribution in [1.29, 1.82) is 0 Å². The highest BCUT2D eigenvalue weighted by molar-refractivity contribution is 7.16. The molecule has 0 saturated carbocycles. The van der Waals surface area contributed by atoms with E-state index in [9.17, 15) is 9.59 Å². The fourth-order valence-corrected chi connectivity index (χ4v) is 3.80. The third-order valence-corrected chi connectivity index (χ3v) is 4.97. The molecule has 0 bridgehead atoms. The third-order valence-electron chi connectivity index (χ3n) is 4.03. The maximum atomic E-state index is 12.7. The van der Waals surface area contributed by atoms with Gasteiger partial charge in [0, 0.05) is 12.2 Å². The predicted molar refractivity (Wildman–Crippen MR) is 104 cm³/mol. The van der Waals surface area contributed by atoms with E-state index in [0.29, 0.717) is 29.3 Å². The van der Waals surface area contributed by atoms with E-state index in [1.165, 1.54) is 25.6 Å². The lowest BCUT2D eigenvalue weighted by atomic mass is 10.1. The number of carbonyl (C=O) groups is 1. The number of hydrogen-bond donors (Lipinski definition) is 1. The summed E-state index contributed by atoms with van der Waals surface area (Å²) in [4.78, 5) is 24.9. The van der Waals surface area contributed by atoms with Crippen molar-refractivity contribution < 1.29 is 14.3 Å².